The van der Waals surface area contributed by atoms with E-state index in [0.717, 1.165) is 22.8 Å². The number of nitrogens with one attached hydrogen (secondary N) is 1. The number of hydrogen-bond donors (Lipinski definition) is 1. The smallest absolute Gasteiger partial charge is 0.247 e. The van der Waals surface area contributed by atoms with Crippen LogP contribution in [-0.2, 0) is 17.8 Å². The molecule has 0 fully saturated rings. The SMILES string of the molecule is Cc1nccn1-c1cc(CNC(=O)CCc2nnc(-c3ccccc3)o2)ccn1. The van der Waals surface area contributed by atoms with Crippen LogP contribution in [0.3, 0.4) is 0 Å². The number of aryl methyl sites for hydroxylation is 2. The first kappa shape index (κ1) is 18.5. The molecule has 0 bridgehead atoms. The molecule has 0 saturated heterocycles. The molecule has 8 nitrogen and oxygen atoms in total. The minimum Gasteiger partial charge on any atom is -0.421 e. The summed E-state index contributed by atoms with van der Waals surface area (Å²) in [6.07, 6.45) is 5.97. The summed E-state index contributed by atoms with van der Waals surface area (Å²) in [6, 6.07) is 13.3. The van der Waals surface area contributed by atoms with Crippen molar-refractivity contribution in [2.45, 2.75) is 26.3 Å². The number of carbonyl (C=O) groups is 1. The van der Waals surface area contributed by atoms with E-state index >= 15 is 0 Å². The standard InChI is InChI=1S/C21H20N6O2/c1-15-22-11-12-27(15)18-13-16(9-10-23-18)14-24-19(28)7-8-20-25-26-21(29-20)17-5-3-2-4-6-17/h2-6,9-13H,7-8,14H2,1H3,(H,24,28). The van der Waals surface area contributed by atoms with Gasteiger partial charge in [0.2, 0.25) is 17.7 Å². The molecule has 3 heterocycles. The number of nitrogens with zero attached hydrogens (tertiary/aromatic N) is 5. The van der Waals surface area contributed by atoms with E-state index in [9.17, 15) is 4.79 Å². The molecule has 4 aromatic rings. The molecule has 8 heteroatoms. The van der Waals surface area contributed by atoms with E-state index in [-0.39, 0.29) is 12.3 Å². The van der Waals surface area contributed by atoms with Crippen LogP contribution >= 0.6 is 0 Å². The van der Waals surface area contributed by atoms with Gasteiger partial charge in [-0.2, -0.15) is 0 Å². The molecule has 0 aliphatic heterocycles. The van der Waals surface area contributed by atoms with Crippen molar-refractivity contribution in [3.63, 3.8) is 0 Å². The van der Waals surface area contributed by atoms with Crippen LogP contribution in [0.2, 0.25) is 0 Å². The second-order valence-electron chi connectivity index (χ2n) is 6.51. The number of benzene rings is 1. The van der Waals surface area contributed by atoms with E-state index in [2.05, 4.69) is 25.5 Å². The van der Waals surface area contributed by atoms with Gasteiger partial charge in [0.25, 0.3) is 0 Å². The highest BCUT2D eigenvalue weighted by Crippen LogP contribution is 2.17. The molecule has 0 aliphatic carbocycles. The van der Waals surface area contributed by atoms with E-state index in [4.69, 9.17) is 4.42 Å². The average Bonchev–Trinajstić information content (AvgIpc) is 3.41. The Morgan fingerprint density at radius 3 is 2.76 bits per heavy atom. The molecule has 1 N–H and O–H groups in total. The average molecular weight is 388 g/mol. The fraction of sp³-hybridized carbons (Fsp3) is 0.190. The van der Waals surface area contributed by atoms with Gasteiger partial charge in [-0.15, -0.1) is 10.2 Å². The van der Waals surface area contributed by atoms with Gasteiger partial charge in [0.15, 0.2) is 0 Å². The maximum absolute atomic E-state index is 12.2. The summed E-state index contributed by atoms with van der Waals surface area (Å²) < 4.78 is 7.53. The highest BCUT2D eigenvalue weighted by Gasteiger charge is 2.10. The molecule has 0 radical (unpaired) electrons. The number of hydrogen-bond acceptors (Lipinski definition) is 6. The van der Waals surface area contributed by atoms with Crippen molar-refractivity contribution in [2.24, 2.45) is 0 Å². The number of pyridine rings is 1. The van der Waals surface area contributed by atoms with E-state index in [1.807, 2.05) is 60.2 Å². The van der Waals surface area contributed by atoms with Crippen LogP contribution in [-0.4, -0.2) is 30.6 Å². The number of aromatic nitrogens is 5. The molecule has 0 atom stereocenters. The molecular formula is C21H20N6O2. The fourth-order valence-electron chi connectivity index (χ4n) is 2.88. The Hall–Kier alpha value is -3.81. The van der Waals surface area contributed by atoms with Crippen LogP contribution in [0, 0.1) is 6.92 Å². The van der Waals surface area contributed by atoms with E-state index in [1.165, 1.54) is 0 Å². The largest absolute Gasteiger partial charge is 0.421 e. The van der Waals surface area contributed by atoms with E-state index < -0.39 is 0 Å². The molecule has 0 aliphatic rings. The molecule has 0 unspecified atom stereocenters. The second kappa shape index (κ2) is 8.47. The van der Waals surface area contributed by atoms with Gasteiger partial charge in [-0.1, -0.05) is 18.2 Å². The second-order valence-corrected chi connectivity index (χ2v) is 6.51. The van der Waals surface area contributed by atoms with Crippen molar-refractivity contribution in [1.82, 2.24) is 30.0 Å². The van der Waals surface area contributed by atoms with Crippen LogP contribution in [0.15, 0.2) is 65.5 Å². The molecule has 0 saturated carbocycles. The van der Waals surface area contributed by atoms with Crippen molar-refractivity contribution < 1.29 is 9.21 Å². The van der Waals surface area contributed by atoms with E-state index in [1.54, 1.807) is 12.4 Å². The Labute approximate surface area is 167 Å². The lowest BCUT2D eigenvalue weighted by Crippen LogP contribution is -2.23. The first-order valence-electron chi connectivity index (χ1n) is 9.29. The molecule has 146 valence electrons. The lowest BCUT2D eigenvalue weighted by atomic mass is 10.2. The third-order valence-corrected chi connectivity index (χ3v) is 4.43. The normalized spacial score (nSPS) is 10.8. The number of carbonyl (C=O) groups excluding carboxylic acids is 1. The summed E-state index contributed by atoms with van der Waals surface area (Å²) in [4.78, 5) is 20.8. The third-order valence-electron chi connectivity index (χ3n) is 4.43. The fourth-order valence-corrected chi connectivity index (χ4v) is 2.88. The van der Waals surface area contributed by atoms with Gasteiger partial charge in [0.1, 0.15) is 11.6 Å². The topological polar surface area (TPSA) is 98.7 Å². The Kier molecular flexibility index (Phi) is 5.42. The first-order valence-corrected chi connectivity index (χ1v) is 9.29. The summed E-state index contributed by atoms with van der Waals surface area (Å²) in [6.45, 7) is 2.33. The zero-order chi connectivity index (χ0) is 20.1. The van der Waals surface area contributed by atoms with Gasteiger partial charge in [0, 0.05) is 43.5 Å². The predicted octanol–water partition coefficient (Wildman–Crippen LogP) is 2.87. The Morgan fingerprint density at radius 2 is 1.97 bits per heavy atom. The van der Waals surface area contributed by atoms with Gasteiger partial charge in [-0.3, -0.25) is 9.36 Å². The number of imidazole rings is 1. The van der Waals surface area contributed by atoms with Crippen LogP contribution in [0.4, 0.5) is 0 Å². The summed E-state index contributed by atoms with van der Waals surface area (Å²) >= 11 is 0. The summed E-state index contributed by atoms with van der Waals surface area (Å²) in [5.41, 5.74) is 1.82. The zero-order valence-corrected chi connectivity index (χ0v) is 15.9. The maximum Gasteiger partial charge on any atom is 0.247 e. The lowest BCUT2D eigenvalue weighted by molar-refractivity contribution is -0.121. The van der Waals surface area contributed by atoms with Crippen LogP contribution < -0.4 is 5.32 Å². The molecule has 4 rings (SSSR count). The monoisotopic (exact) mass is 388 g/mol. The summed E-state index contributed by atoms with van der Waals surface area (Å²) in [5, 5.41) is 11.0. The van der Waals surface area contributed by atoms with E-state index in [0.29, 0.717) is 24.7 Å². The highest BCUT2D eigenvalue weighted by atomic mass is 16.4. The Bertz CT molecular complexity index is 1100. The van der Waals surface area contributed by atoms with Crippen molar-refractivity contribution in [3.8, 4) is 17.3 Å². The van der Waals surface area contributed by atoms with Crippen LogP contribution in [0.5, 0.6) is 0 Å². The molecule has 3 aromatic heterocycles. The van der Waals surface area contributed by atoms with Gasteiger partial charge < -0.3 is 9.73 Å². The van der Waals surface area contributed by atoms with Gasteiger partial charge in [-0.05, 0) is 36.8 Å². The van der Waals surface area contributed by atoms with Crippen molar-refractivity contribution in [1.29, 1.82) is 0 Å². The molecular weight excluding hydrogens is 368 g/mol. The summed E-state index contributed by atoms with van der Waals surface area (Å²) in [7, 11) is 0. The van der Waals surface area contributed by atoms with Crippen molar-refractivity contribution in [3.05, 3.63) is 78.3 Å². The third kappa shape index (κ3) is 4.55. The number of amides is 1. The van der Waals surface area contributed by atoms with Gasteiger partial charge in [-0.25, -0.2) is 9.97 Å². The molecule has 1 aromatic carbocycles. The maximum atomic E-state index is 12.2. The molecule has 1 amide bonds. The number of rotatable bonds is 7. The minimum absolute atomic E-state index is 0.0818. The molecule has 29 heavy (non-hydrogen) atoms. The minimum atomic E-state index is -0.0818. The highest BCUT2D eigenvalue weighted by molar-refractivity contribution is 5.76. The molecule has 0 spiro atoms. The van der Waals surface area contributed by atoms with Crippen LogP contribution in [0.25, 0.3) is 17.3 Å². The lowest BCUT2D eigenvalue weighted by Gasteiger charge is -2.08. The van der Waals surface area contributed by atoms with Gasteiger partial charge >= 0.3 is 0 Å². The quantitative estimate of drug-likeness (QED) is 0.523. The Balaban J connectivity index is 1.30. The first-order chi connectivity index (χ1) is 14.2. The van der Waals surface area contributed by atoms with Gasteiger partial charge in [0.05, 0.1) is 0 Å². The van der Waals surface area contributed by atoms with Crippen LogP contribution in [0.1, 0.15) is 23.7 Å². The summed E-state index contributed by atoms with van der Waals surface area (Å²) in [5.74, 6) is 2.45. The van der Waals surface area contributed by atoms with Crippen molar-refractivity contribution in [2.75, 3.05) is 0 Å². The Morgan fingerprint density at radius 1 is 1.10 bits per heavy atom. The zero-order valence-electron chi connectivity index (χ0n) is 15.9. The van der Waals surface area contributed by atoms with Crippen molar-refractivity contribution >= 4 is 5.91 Å². The predicted molar refractivity (Wildman–Crippen MR) is 106 cm³/mol.